The second-order valence-corrected chi connectivity index (χ2v) is 7.90. The van der Waals surface area contributed by atoms with E-state index in [0.29, 0.717) is 25.0 Å². The first kappa shape index (κ1) is 21.5. The van der Waals surface area contributed by atoms with E-state index in [9.17, 15) is 4.79 Å². The maximum Gasteiger partial charge on any atom is 0.310 e. The van der Waals surface area contributed by atoms with Gasteiger partial charge in [-0.15, -0.1) is 0 Å². The summed E-state index contributed by atoms with van der Waals surface area (Å²) in [7, 11) is 1.38. The third-order valence-electron chi connectivity index (χ3n) is 5.61. The van der Waals surface area contributed by atoms with Crippen molar-refractivity contribution < 1.29 is 19.0 Å². The normalized spacial score (nSPS) is 22.8. The number of pyridine rings is 1. The summed E-state index contributed by atoms with van der Waals surface area (Å²) in [6.45, 7) is 3.05. The van der Waals surface area contributed by atoms with Gasteiger partial charge in [0, 0.05) is 24.2 Å². The Kier molecular flexibility index (Phi) is 7.78. The Balaban J connectivity index is 1.46. The molecule has 1 atom stereocenters. The van der Waals surface area contributed by atoms with E-state index < -0.39 is 5.79 Å². The smallest absolute Gasteiger partial charge is 0.310 e. The average molecular weight is 398 g/mol. The van der Waals surface area contributed by atoms with E-state index in [2.05, 4.69) is 47.4 Å². The number of hydrogen-bond acceptors (Lipinski definition) is 5. The summed E-state index contributed by atoms with van der Waals surface area (Å²) in [5.41, 5.74) is 2.66. The summed E-state index contributed by atoms with van der Waals surface area (Å²) < 4.78 is 16.4. The van der Waals surface area contributed by atoms with Crippen LogP contribution in [0.3, 0.4) is 0 Å². The first-order chi connectivity index (χ1) is 14.1. The first-order valence-corrected chi connectivity index (χ1v) is 10.4. The van der Waals surface area contributed by atoms with Gasteiger partial charge in [-0.1, -0.05) is 43.2 Å². The van der Waals surface area contributed by atoms with Crippen LogP contribution in [0, 0.1) is 5.92 Å². The zero-order valence-electron chi connectivity index (χ0n) is 17.4. The van der Waals surface area contributed by atoms with E-state index >= 15 is 0 Å². The standard InChI is InChI=1S/C24H31NO4/c1-24(16-23(26)27-2)28-17-19(18-29-24)8-6-7-11-22(20-9-4-3-5-10-20)21-12-14-25-15-13-21/h3-5,9-10,12-15,19,22H,6-8,11,16-18H2,1-2H3. The van der Waals surface area contributed by atoms with E-state index in [-0.39, 0.29) is 12.4 Å². The summed E-state index contributed by atoms with van der Waals surface area (Å²) in [5, 5.41) is 0. The fourth-order valence-electron chi connectivity index (χ4n) is 3.87. The number of esters is 1. The van der Waals surface area contributed by atoms with E-state index in [1.54, 1.807) is 6.92 Å². The first-order valence-electron chi connectivity index (χ1n) is 10.4. The van der Waals surface area contributed by atoms with Gasteiger partial charge in [0.1, 0.15) is 0 Å². The second kappa shape index (κ2) is 10.5. The van der Waals surface area contributed by atoms with Crippen LogP contribution in [0.15, 0.2) is 54.9 Å². The monoisotopic (exact) mass is 397 g/mol. The van der Waals surface area contributed by atoms with E-state index in [0.717, 1.165) is 25.7 Å². The highest BCUT2D eigenvalue weighted by Crippen LogP contribution is 2.31. The van der Waals surface area contributed by atoms with Crippen LogP contribution in [-0.4, -0.2) is 37.1 Å². The highest BCUT2D eigenvalue weighted by Gasteiger charge is 2.35. The zero-order valence-corrected chi connectivity index (χ0v) is 17.4. The molecule has 0 bridgehead atoms. The van der Waals surface area contributed by atoms with Crippen molar-refractivity contribution in [3.8, 4) is 0 Å². The van der Waals surface area contributed by atoms with Crippen LogP contribution >= 0.6 is 0 Å². The second-order valence-electron chi connectivity index (χ2n) is 7.90. The number of benzene rings is 1. The maximum atomic E-state index is 11.5. The molecule has 3 rings (SSSR count). The van der Waals surface area contributed by atoms with Crippen LogP contribution in [0.2, 0.25) is 0 Å². The number of ether oxygens (including phenoxy) is 3. The molecule has 1 aliphatic heterocycles. The van der Waals surface area contributed by atoms with Crippen LogP contribution in [0.1, 0.15) is 56.1 Å². The SMILES string of the molecule is COC(=O)CC1(C)OCC(CCCCC(c2ccccc2)c2ccncc2)CO1. The zero-order chi connectivity index (χ0) is 20.5. The molecule has 0 saturated carbocycles. The lowest BCUT2D eigenvalue weighted by Crippen LogP contribution is -2.43. The molecule has 2 heterocycles. The number of hydrogen-bond donors (Lipinski definition) is 0. The number of unbranched alkanes of at least 4 members (excludes halogenated alkanes) is 1. The predicted octanol–water partition coefficient (Wildman–Crippen LogP) is 4.72. The molecule has 156 valence electrons. The molecular weight excluding hydrogens is 366 g/mol. The van der Waals surface area contributed by atoms with Crippen molar-refractivity contribution in [1.82, 2.24) is 4.98 Å². The summed E-state index contributed by atoms with van der Waals surface area (Å²) in [5.74, 6) is -0.407. The fourth-order valence-corrected chi connectivity index (χ4v) is 3.87. The lowest BCUT2D eigenvalue weighted by atomic mass is 9.87. The molecule has 0 radical (unpaired) electrons. The molecule has 1 unspecified atom stereocenters. The minimum absolute atomic E-state index is 0.126. The van der Waals surface area contributed by atoms with Crippen molar-refractivity contribution in [2.45, 2.75) is 50.7 Å². The van der Waals surface area contributed by atoms with Gasteiger partial charge < -0.3 is 14.2 Å². The van der Waals surface area contributed by atoms with Gasteiger partial charge in [0.25, 0.3) is 0 Å². The summed E-state index contributed by atoms with van der Waals surface area (Å²) in [6.07, 6.45) is 8.29. The summed E-state index contributed by atoms with van der Waals surface area (Å²) in [4.78, 5) is 15.6. The van der Waals surface area contributed by atoms with Crippen LogP contribution in [0.4, 0.5) is 0 Å². The van der Waals surface area contributed by atoms with Gasteiger partial charge in [0.15, 0.2) is 5.79 Å². The quantitative estimate of drug-likeness (QED) is 0.453. The van der Waals surface area contributed by atoms with E-state index in [4.69, 9.17) is 14.2 Å². The molecule has 0 spiro atoms. The van der Waals surface area contributed by atoms with E-state index in [1.807, 2.05) is 12.4 Å². The third kappa shape index (κ3) is 6.38. The number of rotatable bonds is 9. The Hall–Kier alpha value is -2.24. The fraction of sp³-hybridized carbons (Fsp3) is 0.500. The van der Waals surface area contributed by atoms with Gasteiger partial charge in [0.05, 0.1) is 26.7 Å². The van der Waals surface area contributed by atoms with Crippen LogP contribution in [0.25, 0.3) is 0 Å². The molecule has 1 saturated heterocycles. The highest BCUT2D eigenvalue weighted by atomic mass is 16.7. The molecule has 29 heavy (non-hydrogen) atoms. The molecule has 5 nitrogen and oxygen atoms in total. The molecule has 0 N–H and O–H groups in total. The van der Waals surface area contributed by atoms with Crippen molar-refractivity contribution in [2.75, 3.05) is 20.3 Å². The molecule has 1 aliphatic rings. The van der Waals surface area contributed by atoms with Crippen molar-refractivity contribution >= 4 is 5.97 Å². The van der Waals surface area contributed by atoms with Crippen molar-refractivity contribution in [3.63, 3.8) is 0 Å². The highest BCUT2D eigenvalue weighted by molar-refractivity contribution is 5.70. The molecule has 1 aromatic carbocycles. The number of carbonyl (C=O) groups is 1. The third-order valence-corrected chi connectivity index (χ3v) is 5.61. The molecule has 1 aromatic heterocycles. The van der Waals surface area contributed by atoms with Crippen molar-refractivity contribution in [1.29, 1.82) is 0 Å². The largest absolute Gasteiger partial charge is 0.469 e. The Morgan fingerprint density at radius 3 is 2.41 bits per heavy atom. The number of methoxy groups -OCH3 is 1. The molecular formula is C24H31NO4. The minimum atomic E-state index is -0.858. The Labute approximate surface area is 173 Å². The van der Waals surface area contributed by atoms with Gasteiger partial charge in [-0.05, 0) is 43.0 Å². The van der Waals surface area contributed by atoms with Crippen LogP contribution in [0.5, 0.6) is 0 Å². The van der Waals surface area contributed by atoms with Gasteiger partial charge in [0.2, 0.25) is 0 Å². The molecule has 2 aromatic rings. The van der Waals surface area contributed by atoms with Crippen molar-refractivity contribution in [2.24, 2.45) is 5.92 Å². The van der Waals surface area contributed by atoms with Crippen molar-refractivity contribution in [3.05, 3.63) is 66.0 Å². The molecule has 5 heteroatoms. The number of aromatic nitrogens is 1. The predicted molar refractivity (Wildman–Crippen MR) is 111 cm³/mol. The lowest BCUT2D eigenvalue weighted by molar-refractivity contribution is -0.275. The molecule has 0 amide bonds. The molecule has 0 aliphatic carbocycles. The Morgan fingerprint density at radius 1 is 1.10 bits per heavy atom. The topological polar surface area (TPSA) is 57.7 Å². The number of carbonyl (C=O) groups excluding carboxylic acids is 1. The maximum absolute atomic E-state index is 11.5. The van der Waals surface area contributed by atoms with Gasteiger partial charge in [-0.3, -0.25) is 9.78 Å². The Bertz CT molecular complexity index is 702. The van der Waals surface area contributed by atoms with Gasteiger partial charge in [-0.2, -0.15) is 0 Å². The lowest BCUT2D eigenvalue weighted by Gasteiger charge is -2.37. The minimum Gasteiger partial charge on any atom is -0.469 e. The van der Waals surface area contributed by atoms with Gasteiger partial charge in [-0.25, -0.2) is 0 Å². The Morgan fingerprint density at radius 2 is 1.76 bits per heavy atom. The summed E-state index contributed by atoms with van der Waals surface area (Å²) >= 11 is 0. The molecule has 1 fully saturated rings. The van der Waals surface area contributed by atoms with Gasteiger partial charge >= 0.3 is 5.97 Å². The van der Waals surface area contributed by atoms with E-state index in [1.165, 1.54) is 18.2 Å². The average Bonchev–Trinajstić information content (AvgIpc) is 2.76. The van der Waals surface area contributed by atoms with Crippen LogP contribution < -0.4 is 0 Å². The summed E-state index contributed by atoms with van der Waals surface area (Å²) in [6, 6.07) is 14.9. The van der Waals surface area contributed by atoms with Crippen LogP contribution in [-0.2, 0) is 19.0 Å². The number of nitrogens with zero attached hydrogens (tertiary/aromatic N) is 1.